The zero-order valence-electron chi connectivity index (χ0n) is 28.9. The number of hydrogen-bond acceptors (Lipinski definition) is 10. The normalized spacial score (nSPS) is 15.7. The van der Waals surface area contributed by atoms with Crippen molar-refractivity contribution >= 4 is 29.7 Å². The molecule has 0 saturated carbocycles. The lowest BCUT2D eigenvalue weighted by Crippen LogP contribution is -2.45. The molecule has 3 aromatic rings. The maximum atomic E-state index is 16.2. The second-order valence-electron chi connectivity index (χ2n) is 14.4. The number of ether oxygens (including phenoxy) is 2. The lowest BCUT2D eigenvalue weighted by Gasteiger charge is -2.38. The number of carbonyl (C=O) groups is 4. The van der Waals surface area contributed by atoms with Gasteiger partial charge < -0.3 is 20.1 Å². The highest BCUT2D eigenvalue weighted by Crippen LogP contribution is 2.35. The Morgan fingerprint density at radius 2 is 1.62 bits per heavy atom. The minimum Gasteiger partial charge on any atom is -0.460 e. The molecular formula is C35H41F2N7O6. The number of carbonyl (C=O) groups excluding carboxylic acids is 4. The quantitative estimate of drug-likeness (QED) is 0.284. The van der Waals surface area contributed by atoms with Crippen molar-refractivity contribution in [1.82, 2.24) is 24.8 Å². The molecule has 2 aliphatic heterocycles. The van der Waals surface area contributed by atoms with Crippen molar-refractivity contribution in [2.75, 3.05) is 18.4 Å². The van der Waals surface area contributed by atoms with E-state index < -0.39 is 52.8 Å². The van der Waals surface area contributed by atoms with Crippen LogP contribution in [0.3, 0.4) is 0 Å². The fourth-order valence-electron chi connectivity index (χ4n) is 5.83. The lowest BCUT2D eigenvalue weighted by molar-refractivity contribution is -0.155. The first kappa shape index (κ1) is 36.2. The number of halogens is 2. The number of aromatic nitrogens is 3. The molecule has 0 radical (unpaired) electrons. The van der Waals surface area contributed by atoms with Crippen LogP contribution in [0.1, 0.15) is 87.6 Å². The summed E-state index contributed by atoms with van der Waals surface area (Å²) in [7, 11) is 0. The molecule has 1 saturated heterocycles. The predicted molar refractivity (Wildman–Crippen MR) is 177 cm³/mol. The van der Waals surface area contributed by atoms with E-state index in [1.165, 1.54) is 12.1 Å². The molecule has 0 bridgehead atoms. The fraction of sp³-hybridized carbons (Fsp3) is 0.457. The minimum absolute atomic E-state index is 0.0133. The van der Waals surface area contributed by atoms with Crippen molar-refractivity contribution in [3.05, 3.63) is 70.8 Å². The number of pyridine rings is 1. The summed E-state index contributed by atoms with van der Waals surface area (Å²) in [6, 6.07) is 5.04. The van der Waals surface area contributed by atoms with Crippen LogP contribution < -0.4 is 11.1 Å². The summed E-state index contributed by atoms with van der Waals surface area (Å²) in [6.07, 6.45) is 1.26. The van der Waals surface area contributed by atoms with Gasteiger partial charge in [-0.3, -0.25) is 24.6 Å². The molecule has 15 heteroatoms. The van der Waals surface area contributed by atoms with E-state index in [1.807, 2.05) is 0 Å². The van der Waals surface area contributed by atoms with Crippen molar-refractivity contribution < 1.29 is 37.4 Å². The Morgan fingerprint density at radius 3 is 2.24 bits per heavy atom. The molecular weight excluding hydrogens is 652 g/mol. The molecule has 1 fully saturated rings. The van der Waals surface area contributed by atoms with Crippen LogP contribution >= 0.6 is 0 Å². The van der Waals surface area contributed by atoms with Crippen LogP contribution in [0.4, 0.5) is 19.4 Å². The highest BCUT2D eigenvalue weighted by atomic mass is 19.1. The molecule has 5 rings (SSSR count). The maximum absolute atomic E-state index is 16.2. The summed E-state index contributed by atoms with van der Waals surface area (Å²) >= 11 is 0. The molecule has 0 spiro atoms. The molecule has 50 heavy (non-hydrogen) atoms. The van der Waals surface area contributed by atoms with Gasteiger partial charge >= 0.3 is 12.1 Å². The van der Waals surface area contributed by atoms with Gasteiger partial charge in [-0.1, -0.05) is 6.07 Å². The second-order valence-corrected chi connectivity index (χ2v) is 14.4. The molecule has 0 aliphatic carbocycles. The number of rotatable bonds is 10. The van der Waals surface area contributed by atoms with Gasteiger partial charge in [0, 0.05) is 54.2 Å². The first-order chi connectivity index (χ1) is 23.4. The maximum Gasteiger partial charge on any atom is 0.413 e. The van der Waals surface area contributed by atoms with Gasteiger partial charge in [-0.25, -0.2) is 28.5 Å². The summed E-state index contributed by atoms with van der Waals surface area (Å²) in [5, 5.41) is 2.69. The smallest absolute Gasteiger partial charge is 0.413 e. The van der Waals surface area contributed by atoms with Crippen molar-refractivity contribution in [3.8, 4) is 11.3 Å². The third-order valence-corrected chi connectivity index (χ3v) is 8.04. The van der Waals surface area contributed by atoms with Crippen LogP contribution in [0.5, 0.6) is 0 Å². The Bertz CT molecular complexity index is 1800. The summed E-state index contributed by atoms with van der Waals surface area (Å²) in [6.45, 7) is 11.6. The summed E-state index contributed by atoms with van der Waals surface area (Å²) in [5.74, 6) is -2.49. The molecule has 266 valence electrons. The van der Waals surface area contributed by atoms with Crippen LogP contribution in [0, 0.1) is 11.6 Å². The largest absolute Gasteiger partial charge is 0.460 e. The monoisotopic (exact) mass is 693 g/mol. The van der Waals surface area contributed by atoms with Gasteiger partial charge in [-0.2, -0.15) is 0 Å². The number of nitrogens with one attached hydrogen (secondary N) is 1. The Kier molecular flexibility index (Phi) is 10.2. The Balaban J connectivity index is 1.37. The van der Waals surface area contributed by atoms with Gasteiger partial charge in [-0.15, -0.1) is 0 Å². The van der Waals surface area contributed by atoms with Gasteiger partial charge in [-0.05, 0) is 66.2 Å². The standard InChI is InChI=1S/C35H41F2N7O6/c1-34(2,3)49-27(45)12-11-26(29(38)46)44-18-24-22(32(44)47)8-9-23(28(24)37)25-10-7-19(31(41-25)42-33(48)50-35(4,5)6)15-43-16-20(17-43)30-39-13-21(36)14-40-30/h7-10,13-14,20,26H,11-12,15-18H2,1-6H3,(H2,38,46)(H,41,42,48)/t26-/m0/s1. The van der Waals surface area contributed by atoms with Gasteiger partial charge in [0.25, 0.3) is 5.91 Å². The number of likely N-dealkylation sites (tertiary alicyclic amines) is 1. The molecule has 3 N–H and O–H groups in total. The molecule has 2 aromatic heterocycles. The molecule has 2 aliphatic rings. The van der Waals surface area contributed by atoms with Crippen LogP contribution in [0.25, 0.3) is 11.3 Å². The topological polar surface area (TPSA) is 170 Å². The van der Waals surface area contributed by atoms with Gasteiger partial charge in [0.2, 0.25) is 5.91 Å². The predicted octanol–water partition coefficient (Wildman–Crippen LogP) is 4.69. The molecule has 1 atom stereocenters. The number of nitrogens with zero attached hydrogens (tertiary/aromatic N) is 5. The Labute approximate surface area is 288 Å². The highest BCUT2D eigenvalue weighted by molar-refractivity contribution is 6.01. The average Bonchev–Trinajstić information content (AvgIpc) is 3.31. The van der Waals surface area contributed by atoms with E-state index in [1.54, 1.807) is 53.7 Å². The van der Waals surface area contributed by atoms with E-state index in [9.17, 15) is 23.6 Å². The molecule has 1 aromatic carbocycles. The number of nitrogens with two attached hydrogens (primary N) is 1. The zero-order chi connectivity index (χ0) is 36.5. The van der Waals surface area contributed by atoms with Gasteiger partial charge in [0.1, 0.15) is 34.7 Å². The minimum atomic E-state index is -1.16. The van der Waals surface area contributed by atoms with Crippen molar-refractivity contribution in [2.24, 2.45) is 5.73 Å². The second kappa shape index (κ2) is 14.1. The summed E-state index contributed by atoms with van der Waals surface area (Å²) in [5.41, 5.74) is 5.12. The van der Waals surface area contributed by atoms with E-state index in [0.29, 0.717) is 31.0 Å². The Morgan fingerprint density at radius 1 is 0.980 bits per heavy atom. The molecule has 4 heterocycles. The van der Waals surface area contributed by atoms with Crippen LogP contribution in [-0.2, 0) is 32.2 Å². The molecule has 0 unspecified atom stereocenters. The van der Waals surface area contributed by atoms with E-state index in [0.717, 1.165) is 17.3 Å². The number of hydrogen-bond donors (Lipinski definition) is 2. The fourth-order valence-corrected chi connectivity index (χ4v) is 5.83. The van der Waals surface area contributed by atoms with E-state index in [-0.39, 0.29) is 53.5 Å². The average molecular weight is 694 g/mol. The zero-order valence-corrected chi connectivity index (χ0v) is 28.9. The van der Waals surface area contributed by atoms with E-state index >= 15 is 4.39 Å². The van der Waals surface area contributed by atoms with Crippen molar-refractivity contribution in [3.63, 3.8) is 0 Å². The number of esters is 1. The third kappa shape index (κ3) is 8.56. The number of anilines is 1. The van der Waals surface area contributed by atoms with Gasteiger partial charge in [0.15, 0.2) is 5.82 Å². The van der Waals surface area contributed by atoms with Crippen molar-refractivity contribution in [2.45, 2.75) is 90.6 Å². The van der Waals surface area contributed by atoms with E-state index in [2.05, 4.69) is 25.2 Å². The number of benzene rings is 1. The Hall–Kier alpha value is -5.05. The van der Waals surface area contributed by atoms with Gasteiger partial charge in [0.05, 0.1) is 24.6 Å². The van der Waals surface area contributed by atoms with Crippen LogP contribution in [0.15, 0.2) is 36.7 Å². The summed E-state index contributed by atoms with van der Waals surface area (Å²) in [4.78, 5) is 66.9. The number of amides is 3. The first-order valence-electron chi connectivity index (χ1n) is 16.2. The molecule has 13 nitrogen and oxygen atoms in total. The van der Waals surface area contributed by atoms with Crippen LogP contribution in [0.2, 0.25) is 0 Å². The first-order valence-corrected chi connectivity index (χ1v) is 16.2. The number of primary amides is 1. The van der Waals surface area contributed by atoms with Crippen LogP contribution in [-0.4, -0.2) is 79.0 Å². The third-order valence-electron chi connectivity index (χ3n) is 8.04. The lowest BCUT2D eigenvalue weighted by atomic mass is 9.98. The van der Waals surface area contributed by atoms with Crippen molar-refractivity contribution in [1.29, 1.82) is 0 Å². The SMILES string of the molecule is CC(C)(C)OC(=O)CC[C@@H](C(N)=O)N1Cc2c(ccc(-c3ccc(CN4CC(c5ncc(F)cn5)C4)c(NC(=O)OC(C)(C)C)n3)c2F)C1=O. The summed E-state index contributed by atoms with van der Waals surface area (Å²) < 4.78 is 40.2. The molecule has 3 amide bonds. The highest BCUT2D eigenvalue weighted by Gasteiger charge is 2.38. The number of fused-ring (bicyclic) bond motifs is 1. The van der Waals surface area contributed by atoms with E-state index in [4.69, 9.17) is 15.2 Å².